The van der Waals surface area contributed by atoms with E-state index in [0.29, 0.717) is 12.2 Å². The maximum Gasteiger partial charge on any atom is 0.242 e. The number of anilines is 1. The number of hydrogen-bond acceptors (Lipinski definition) is 5. The molecule has 2 aromatic heterocycles. The van der Waals surface area contributed by atoms with E-state index in [2.05, 4.69) is 20.1 Å². The Kier molecular flexibility index (Phi) is 4.81. The molecule has 0 unspecified atom stereocenters. The summed E-state index contributed by atoms with van der Waals surface area (Å²) in [6.07, 6.45) is 3.49. The Bertz CT molecular complexity index is 729. The molecule has 0 aromatic carbocycles. The zero-order valence-corrected chi connectivity index (χ0v) is 13.2. The zero-order chi connectivity index (χ0) is 15.5. The normalized spacial score (nSPS) is 11.6. The molecule has 2 rings (SSSR count). The molecule has 0 amide bonds. The molecule has 2 aromatic rings. The highest BCUT2D eigenvalue weighted by Crippen LogP contribution is 2.21. The van der Waals surface area contributed by atoms with Crippen LogP contribution in [0.15, 0.2) is 29.4 Å². The lowest BCUT2D eigenvalue weighted by Crippen LogP contribution is -2.26. The predicted molar refractivity (Wildman–Crippen MR) is 80.9 cm³/mol. The topological polar surface area (TPSA) is 88.9 Å². The molecule has 0 saturated carbocycles. The van der Waals surface area contributed by atoms with Gasteiger partial charge >= 0.3 is 0 Å². The van der Waals surface area contributed by atoms with Crippen molar-refractivity contribution in [1.82, 2.24) is 19.5 Å². The van der Waals surface area contributed by atoms with Gasteiger partial charge in [0.2, 0.25) is 10.0 Å². The summed E-state index contributed by atoms with van der Waals surface area (Å²) in [5, 5.41) is 7.06. The highest BCUT2D eigenvalue weighted by Gasteiger charge is 2.16. The van der Waals surface area contributed by atoms with Gasteiger partial charge in [-0.1, -0.05) is 11.6 Å². The summed E-state index contributed by atoms with van der Waals surface area (Å²) in [6, 6.07) is 3.21. The number of aryl methyl sites for hydroxylation is 1. The van der Waals surface area contributed by atoms with Crippen molar-refractivity contribution in [2.24, 2.45) is 7.05 Å². The first kappa shape index (κ1) is 15.7. The van der Waals surface area contributed by atoms with Crippen molar-refractivity contribution in [3.05, 3.63) is 35.2 Å². The SMILES string of the molecule is CNc1ncc(S(=O)(=O)NCCc2ccnn2C)cc1Cl. The summed E-state index contributed by atoms with van der Waals surface area (Å²) < 4.78 is 28.5. The Morgan fingerprint density at radius 1 is 1.43 bits per heavy atom. The van der Waals surface area contributed by atoms with Crippen LogP contribution >= 0.6 is 11.6 Å². The van der Waals surface area contributed by atoms with Gasteiger partial charge in [0, 0.05) is 45.1 Å². The van der Waals surface area contributed by atoms with Crippen LogP contribution in [0.25, 0.3) is 0 Å². The van der Waals surface area contributed by atoms with E-state index in [1.807, 2.05) is 13.1 Å². The number of aromatic nitrogens is 3. The number of nitrogens with zero attached hydrogens (tertiary/aromatic N) is 3. The lowest BCUT2D eigenvalue weighted by atomic mass is 10.3. The molecule has 2 N–H and O–H groups in total. The van der Waals surface area contributed by atoms with Gasteiger partial charge in [0.05, 0.1) is 5.02 Å². The number of sulfonamides is 1. The van der Waals surface area contributed by atoms with Gasteiger partial charge in [-0.05, 0) is 12.1 Å². The third kappa shape index (κ3) is 3.72. The zero-order valence-electron chi connectivity index (χ0n) is 11.7. The minimum absolute atomic E-state index is 0.0384. The Hall–Kier alpha value is -1.64. The van der Waals surface area contributed by atoms with Gasteiger partial charge in [-0.15, -0.1) is 0 Å². The van der Waals surface area contributed by atoms with Crippen LogP contribution < -0.4 is 10.0 Å². The molecule has 114 valence electrons. The first-order valence-corrected chi connectivity index (χ1v) is 8.10. The molecular formula is C12H16ClN5O2S. The van der Waals surface area contributed by atoms with Crippen LogP contribution in [-0.2, 0) is 23.5 Å². The largest absolute Gasteiger partial charge is 0.372 e. The maximum absolute atomic E-state index is 12.1. The van der Waals surface area contributed by atoms with Crippen LogP contribution in [-0.4, -0.2) is 36.8 Å². The Morgan fingerprint density at radius 2 is 2.19 bits per heavy atom. The van der Waals surface area contributed by atoms with Gasteiger partial charge in [0.15, 0.2) is 0 Å². The second kappa shape index (κ2) is 6.42. The van der Waals surface area contributed by atoms with Gasteiger partial charge in [0.1, 0.15) is 10.7 Å². The Labute approximate surface area is 128 Å². The summed E-state index contributed by atoms with van der Waals surface area (Å²) in [5.41, 5.74) is 0.944. The summed E-state index contributed by atoms with van der Waals surface area (Å²) in [6.45, 7) is 0.271. The van der Waals surface area contributed by atoms with E-state index in [-0.39, 0.29) is 16.5 Å². The molecule has 21 heavy (non-hydrogen) atoms. The fraction of sp³-hybridized carbons (Fsp3) is 0.333. The smallest absolute Gasteiger partial charge is 0.242 e. The molecule has 0 atom stereocenters. The highest BCUT2D eigenvalue weighted by molar-refractivity contribution is 7.89. The monoisotopic (exact) mass is 329 g/mol. The number of halogens is 1. The molecule has 7 nitrogen and oxygen atoms in total. The van der Waals surface area contributed by atoms with Crippen molar-refractivity contribution in [1.29, 1.82) is 0 Å². The van der Waals surface area contributed by atoms with Gasteiger partial charge in [-0.2, -0.15) is 5.10 Å². The van der Waals surface area contributed by atoms with Gasteiger partial charge in [-0.25, -0.2) is 18.1 Å². The Balaban J connectivity index is 2.05. The van der Waals surface area contributed by atoms with E-state index in [4.69, 9.17) is 11.6 Å². The third-order valence-electron chi connectivity index (χ3n) is 2.96. The Morgan fingerprint density at radius 3 is 2.76 bits per heavy atom. The lowest BCUT2D eigenvalue weighted by molar-refractivity contribution is 0.579. The van der Waals surface area contributed by atoms with Gasteiger partial charge in [-0.3, -0.25) is 4.68 Å². The lowest BCUT2D eigenvalue weighted by Gasteiger charge is -2.08. The van der Waals surface area contributed by atoms with Gasteiger partial charge < -0.3 is 5.32 Å². The number of rotatable bonds is 6. The van der Waals surface area contributed by atoms with Crippen molar-refractivity contribution >= 4 is 27.4 Å². The van der Waals surface area contributed by atoms with Crippen LogP contribution in [0.1, 0.15) is 5.69 Å². The van der Waals surface area contributed by atoms with E-state index in [1.165, 1.54) is 12.3 Å². The van der Waals surface area contributed by atoms with E-state index in [1.54, 1.807) is 17.9 Å². The summed E-state index contributed by atoms with van der Waals surface area (Å²) >= 11 is 5.94. The molecule has 0 saturated heterocycles. The molecule has 0 fully saturated rings. The van der Waals surface area contributed by atoms with Crippen LogP contribution in [0.5, 0.6) is 0 Å². The number of pyridine rings is 1. The second-order valence-corrected chi connectivity index (χ2v) is 6.52. The molecule has 0 aliphatic heterocycles. The van der Waals surface area contributed by atoms with Crippen molar-refractivity contribution < 1.29 is 8.42 Å². The molecule has 0 spiro atoms. The molecule has 0 aliphatic rings. The van der Waals surface area contributed by atoms with E-state index >= 15 is 0 Å². The first-order chi connectivity index (χ1) is 9.94. The average Bonchev–Trinajstić information content (AvgIpc) is 2.84. The summed E-state index contributed by atoms with van der Waals surface area (Å²) in [7, 11) is -0.157. The molecule has 0 aliphatic carbocycles. The highest BCUT2D eigenvalue weighted by atomic mass is 35.5. The van der Waals surface area contributed by atoms with E-state index in [0.717, 1.165) is 5.69 Å². The minimum atomic E-state index is -3.63. The third-order valence-corrected chi connectivity index (χ3v) is 4.68. The van der Waals surface area contributed by atoms with Crippen molar-refractivity contribution in [2.75, 3.05) is 18.9 Å². The average molecular weight is 330 g/mol. The van der Waals surface area contributed by atoms with Gasteiger partial charge in [0.25, 0.3) is 0 Å². The van der Waals surface area contributed by atoms with E-state index < -0.39 is 10.0 Å². The van der Waals surface area contributed by atoms with Crippen molar-refractivity contribution in [3.63, 3.8) is 0 Å². The molecule has 0 bridgehead atoms. The molecular weight excluding hydrogens is 314 g/mol. The predicted octanol–water partition coefficient (Wildman–Crippen LogP) is 1.03. The van der Waals surface area contributed by atoms with Crippen LogP contribution in [0, 0.1) is 0 Å². The molecule has 2 heterocycles. The fourth-order valence-electron chi connectivity index (χ4n) is 1.79. The molecule has 9 heteroatoms. The first-order valence-electron chi connectivity index (χ1n) is 6.24. The molecule has 0 radical (unpaired) electrons. The van der Waals surface area contributed by atoms with E-state index in [9.17, 15) is 8.42 Å². The number of hydrogen-bond donors (Lipinski definition) is 2. The quantitative estimate of drug-likeness (QED) is 0.826. The van der Waals surface area contributed by atoms with Crippen molar-refractivity contribution in [2.45, 2.75) is 11.3 Å². The van der Waals surface area contributed by atoms with Crippen LogP contribution in [0.4, 0.5) is 5.82 Å². The minimum Gasteiger partial charge on any atom is -0.372 e. The van der Waals surface area contributed by atoms with Crippen LogP contribution in [0.3, 0.4) is 0 Å². The number of nitrogens with one attached hydrogen (secondary N) is 2. The second-order valence-electron chi connectivity index (χ2n) is 4.35. The van der Waals surface area contributed by atoms with Crippen molar-refractivity contribution in [3.8, 4) is 0 Å². The maximum atomic E-state index is 12.1. The summed E-state index contributed by atoms with van der Waals surface area (Å²) in [5.74, 6) is 0.436. The standard InChI is InChI=1S/C12H16ClN5O2S/c1-14-12-11(13)7-10(8-15-12)21(19,20)17-6-4-9-3-5-16-18(9)2/h3,5,7-8,17H,4,6H2,1-2H3,(H,14,15). The fourth-order valence-corrected chi connectivity index (χ4v) is 3.12. The van der Waals surface area contributed by atoms with Crippen LogP contribution in [0.2, 0.25) is 5.02 Å². The summed E-state index contributed by atoms with van der Waals surface area (Å²) in [4.78, 5) is 4.00.